The molecule has 2 N–H and O–H groups in total. The summed E-state index contributed by atoms with van der Waals surface area (Å²) in [5, 5.41) is 10.0. The summed E-state index contributed by atoms with van der Waals surface area (Å²) >= 11 is 0. The van der Waals surface area contributed by atoms with Gasteiger partial charge in [-0.1, -0.05) is 0 Å². The van der Waals surface area contributed by atoms with Gasteiger partial charge in [-0.25, -0.2) is 9.18 Å². The fraction of sp³-hybridized carbons (Fsp3) is 0.526. The molecule has 0 aromatic heterocycles. The summed E-state index contributed by atoms with van der Waals surface area (Å²) in [4.78, 5) is 37.2. The number of hydrogen-bond acceptors (Lipinski definition) is 5. The molecule has 3 rings (SSSR count). The largest absolute Gasteiger partial charge is 0.494 e. The Kier molecular flexibility index (Phi) is 7.82. The van der Waals surface area contributed by atoms with Crippen molar-refractivity contribution in [3.05, 3.63) is 29.6 Å². The fourth-order valence-electron chi connectivity index (χ4n) is 3.28. The van der Waals surface area contributed by atoms with Crippen LogP contribution in [0.5, 0.6) is 5.75 Å². The summed E-state index contributed by atoms with van der Waals surface area (Å²) in [6.07, 6.45) is -3.20. The number of carboxylic acid groups (broad SMARTS) is 1. The topological polar surface area (TPSA) is 99.2 Å². The van der Waals surface area contributed by atoms with Crippen LogP contribution in [0.1, 0.15) is 23.2 Å². The lowest BCUT2D eigenvalue weighted by Crippen LogP contribution is -2.65. The van der Waals surface area contributed by atoms with Gasteiger partial charge in [0.2, 0.25) is 5.91 Å². The monoisotopic (exact) mass is 449 g/mol. The number of ether oxygens (including phenoxy) is 1. The predicted molar refractivity (Wildman–Crippen MR) is 100 cm³/mol. The molecule has 0 radical (unpaired) electrons. The number of aliphatic carboxylic acids is 1. The minimum absolute atomic E-state index is 0.00795. The van der Waals surface area contributed by atoms with E-state index in [1.807, 2.05) is 7.05 Å². The van der Waals surface area contributed by atoms with Crippen LogP contribution in [0.25, 0.3) is 0 Å². The highest BCUT2D eigenvalue weighted by Crippen LogP contribution is 2.22. The summed E-state index contributed by atoms with van der Waals surface area (Å²) in [5.41, 5.74) is 0.361. The molecule has 31 heavy (non-hydrogen) atoms. The molecule has 1 unspecified atom stereocenters. The molecule has 0 spiro atoms. The molecule has 2 amide bonds. The Morgan fingerprint density at radius 3 is 2.42 bits per heavy atom. The van der Waals surface area contributed by atoms with Crippen LogP contribution >= 0.6 is 0 Å². The quantitative estimate of drug-likeness (QED) is 0.676. The molecule has 8 nitrogen and oxygen atoms in total. The first-order valence-corrected chi connectivity index (χ1v) is 9.37. The molecule has 1 atom stereocenters. The second kappa shape index (κ2) is 9.94. The molecule has 0 aliphatic carbocycles. The van der Waals surface area contributed by atoms with Crippen molar-refractivity contribution in [1.29, 1.82) is 0 Å². The minimum Gasteiger partial charge on any atom is -0.494 e. The molecule has 2 fully saturated rings. The average molecular weight is 449 g/mol. The number of carbonyl (C=O) groups is 3. The van der Waals surface area contributed by atoms with E-state index in [1.165, 1.54) is 25.3 Å². The number of hydrogen-bond donors (Lipinski definition) is 2. The van der Waals surface area contributed by atoms with Crippen LogP contribution in [0.15, 0.2) is 18.2 Å². The Morgan fingerprint density at radius 1 is 1.26 bits per heavy atom. The van der Waals surface area contributed by atoms with Crippen molar-refractivity contribution in [3.8, 4) is 5.75 Å². The lowest BCUT2D eigenvalue weighted by Gasteiger charge is -2.46. The van der Waals surface area contributed by atoms with E-state index in [0.717, 1.165) is 19.4 Å². The van der Waals surface area contributed by atoms with Crippen LogP contribution in [-0.2, 0) is 9.59 Å². The number of likely N-dealkylation sites (tertiary alicyclic amines) is 2. The van der Waals surface area contributed by atoms with E-state index in [1.54, 1.807) is 4.90 Å². The SMILES string of the molecule is COc1cc(C(=O)NC2CN(C3CCCN(C)C3=O)C2)ccc1F.O=C(O)C(F)(F)F. The molecule has 2 aliphatic rings. The smallest absolute Gasteiger partial charge is 0.490 e. The molecular weight excluding hydrogens is 426 g/mol. The highest BCUT2D eigenvalue weighted by atomic mass is 19.4. The first-order chi connectivity index (χ1) is 14.4. The summed E-state index contributed by atoms with van der Waals surface area (Å²) < 4.78 is 50.0. The molecule has 2 saturated heterocycles. The Hall–Kier alpha value is -2.89. The standard InChI is InChI=1S/C17H22FN3O3.C2HF3O2/c1-20-7-3-4-14(17(20)23)21-9-12(10-21)19-16(22)11-5-6-13(18)15(8-11)24-2;3-2(4,5)1(6)7/h5-6,8,12,14H,3-4,7,9-10H2,1-2H3,(H,19,22);(H,6,7). The second-order valence-corrected chi connectivity index (χ2v) is 7.19. The Balaban J connectivity index is 0.000000423. The zero-order valence-electron chi connectivity index (χ0n) is 16.9. The number of nitrogens with one attached hydrogen (secondary N) is 1. The maximum Gasteiger partial charge on any atom is 0.490 e. The Bertz CT molecular complexity index is 827. The van der Waals surface area contributed by atoms with Gasteiger partial charge in [0.05, 0.1) is 19.2 Å². The van der Waals surface area contributed by atoms with Gasteiger partial charge in [-0.3, -0.25) is 14.5 Å². The van der Waals surface area contributed by atoms with Crippen LogP contribution in [0, 0.1) is 5.82 Å². The number of carboxylic acids is 1. The molecule has 172 valence electrons. The van der Waals surface area contributed by atoms with Gasteiger partial charge in [0.25, 0.3) is 5.91 Å². The number of likely N-dealkylation sites (N-methyl/N-ethyl adjacent to an activating group) is 1. The lowest BCUT2D eigenvalue weighted by molar-refractivity contribution is -0.192. The number of carbonyl (C=O) groups excluding carboxylic acids is 2. The first kappa shape index (κ1) is 24.4. The maximum absolute atomic E-state index is 13.4. The minimum atomic E-state index is -5.08. The van der Waals surface area contributed by atoms with Gasteiger partial charge in [-0.15, -0.1) is 0 Å². The van der Waals surface area contributed by atoms with Crippen molar-refractivity contribution in [2.24, 2.45) is 0 Å². The highest BCUT2D eigenvalue weighted by Gasteiger charge is 2.39. The van der Waals surface area contributed by atoms with Crippen LogP contribution in [0.3, 0.4) is 0 Å². The van der Waals surface area contributed by atoms with E-state index in [9.17, 15) is 27.2 Å². The molecule has 0 saturated carbocycles. The molecule has 1 aromatic rings. The van der Waals surface area contributed by atoms with Crippen molar-refractivity contribution in [1.82, 2.24) is 15.1 Å². The van der Waals surface area contributed by atoms with E-state index < -0.39 is 18.0 Å². The van der Waals surface area contributed by atoms with Gasteiger partial charge in [0.1, 0.15) is 0 Å². The maximum atomic E-state index is 13.4. The number of nitrogens with zero attached hydrogens (tertiary/aromatic N) is 2. The van der Waals surface area contributed by atoms with Crippen molar-refractivity contribution in [2.45, 2.75) is 31.1 Å². The highest BCUT2D eigenvalue weighted by molar-refractivity contribution is 5.95. The third-order valence-electron chi connectivity index (χ3n) is 4.97. The normalized spacial score (nSPS) is 19.7. The van der Waals surface area contributed by atoms with Gasteiger partial charge < -0.3 is 20.1 Å². The molecular formula is C19H23F4N3O5. The van der Waals surface area contributed by atoms with Crippen molar-refractivity contribution in [3.63, 3.8) is 0 Å². The number of methoxy groups -OCH3 is 1. The first-order valence-electron chi connectivity index (χ1n) is 9.37. The molecule has 2 aliphatic heterocycles. The molecule has 1 aromatic carbocycles. The van der Waals surface area contributed by atoms with E-state index in [0.29, 0.717) is 18.7 Å². The zero-order valence-corrected chi connectivity index (χ0v) is 16.9. The van der Waals surface area contributed by atoms with E-state index >= 15 is 0 Å². The number of piperidine rings is 1. The second-order valence-electron chi connectivity index (χ2n) is 7.19. The van der Waals surface area contributed by atoms with Gasteiger partial charge in [-0.05, 0) is 31.0 Å². The lowest BCUT2D eigenvalue weighted by atomic mass is 9.97. The number of benzene rings is 1. The molecule has 2 heterocycles. The summed E-state index contributed by atoms with van der Waals surface area (Å²) in [5.74, 6) is -3.30. The van der Waals surface area contributed by atoms with Crippen LogP contribution in [0.4, 0.5) is 17.6 Å². The van der Waals surface area contributed by atoms with Crippen molar-refractivity contribution < 1.29 is 41.8 Å². The van der Waals surface area contributed by atoms with Gasteiger partial charge >= 0.3 is 12.1 Å². The number of alkyl halides is 3. The van der Waals surface area contributed by atoms with Gasteiger partial charge in [0, 0.05) is 32.2 Å². The van der Waals surface area contributed by atoms with Crippen molar-refractivity contribution in [2.75, 3.05) is 33.8 Å². The third kappa shape index (κ3) is 6.29. The van der Waals surface area contributed by atoms with Crippen molar-refractivity contribution >= 4 is 17.8 Å². The molecule has 12 heteroatoms. The number of rotatable bonds is 4. The average Bonchev–Trinajstić information content (AvgIpc) is 2.67. The summed E-state index contributed by atoms with van der Waals surface area (Å²) in [6.45, 7) is 2.14. The zero-order chi connectivity index (χ0) is 23.3. The number of halogens is 4. The summed E-state index contributed by atoms with van der Waals surface area (Å²) in [7, 11) is 3.19. The Morgan fingerprint density at radius 2 is 1.87 bits per heavy atom. The van der Waals surface area contributed by atoms with Crippen LogP contribution in [0.2, 0.25) is 0 Å². The van der Waals surface area contributed by atoms with E-state index in [-0.39, 0.29) is 29.6 Å². The van der Waals surface area contributed by atoms with E-state index in [2.05, 4.69) is 10.2 Å². The Labute approximate surface area is 175 Å². The van der Waals surface area contributed by atoms with Crippen LogP contribution < -0.4 is 10.1 Å². The van der Waals surface area contributed by atoms with Gasteiger partial charge in [-0.2, -0.15) is 13.2 Å². The van der Waals surface area contributed by atoms with Crippen LogP contribution in [-0.4, -0.2) is 84.7 Å². The predicted octanol–water partition coefficient (Wildman–Crippen LogP) is 1.50. The third-order valence-corrected chi connectivity index (χ3v) is 4.97. The van der Waals surface area contributed by atoms with Gasteiger partial charge in [0.15, 0.2) is 11.6 Å². The fourth-order valence-corrected chi connectivity index (χ4v) is 3.28. The molecule has 0 bridgehead atoms. The number of amides is 2. The summed E-state index contributed by atoms with van der Waals surface area (Å²) in [6, 6.07) is 3.98. The van der Waals surface area contributed by atoms with E-state index in [4.69, 9.17) is 14.6 Å².